The van der Waals surface area contributed by atoms with Crippen LogP contribution >= 0.6 is 15.9 Å². The molecule has 0 aromatic heterocycles. The molecule has 1 rings (SSSR count). The second kappa shape index (κ2) is 6.13. The molecule has 4 nitrogen and oxygen atoms in total. The van der Waals surface area contributed by atoms with Crippen LogP contribution in [0.4, 0.5) is 18.9 Å². The summed E-state index contributed by atoms with van der Waals surface area (Å²) < 4.78 is 63.9. The fraction of sp³-hybridized carbons (Fsp3) is 0.500. The van der Waals surface area contributed by atoms with Gasteiger partial charge in [0.2, 0.25) is 10.0 Å². The van der Waals surface area contributed by atoms with Gasteiger partial charge in [-0.2, -0.15) is 13.2 Å². The van der Waals surface area contributed by atoms with Crippen LogP contribution in [0.2, 0.25) is 0 Å². The number of halogens is 4. The maximum atomic E-state index is 12.9. The van der Waals surface area contributed by atoms with Crippen LogP contribution in [-0.2, 0) is 16.2 Å². The van der Waals surface area contributed by atoms with Gasteiger partial charge in [-0.05, 0) is 32.0 Å². The van der Waals surface area contributed by atoms with Crippen LogP contribution in [0.5, 0.6) is 0 Å². The summed E-state index contributed by atoms with van der Waals surface area (Å²) >= 11 is 3.00. The van der Waals surface area contributed by atoms with Crippen LogP contribution in [0.15, 0.2) is 22.7 Å². The minimum absolute atomic E-state index is 0.00474. The van der Waals surface area contributed by atoms with E-state index in [4.69, 9.17) is 0 Å². The van der Waals surface area contributed by atoms with Crippen molar-refractivity contribution in [2.75, 3.05) is 18.1 Å². The molecule has 0 aliphatic heterocycles. The summed E-state index contributed by atoms with van der Waals surface area (Å²) in [5.74, 6) is 0. The number of rotatable bonds is 5. The lowest BCUT2D eigenvalue weighted by molar-refractivity contribution is -0.137. The summed E-state index contributed by atoms with van der Waals surface area (Å²) in [6.45, 7) is 3.16. The van der Waals surface area contributed by atoms with Gasteiger partial charge in [0.1, 0.15) is 0 Å². The van der Waals surface area contributed by atoms with Gasteiger partial charge < -0.3 is 5.32 Å². The summed E-state index contributed by atoms with van der Waals surface area (Å²) in [6.07, 6.45) is -3.50. The van der Waals surface area contributed by atoms with Gasteiger partial charge in [-0.15, -0.1) is 0 Å². The standard InChI is InChI=1S/C12H16BrF3N2O2S/c1-11(2,18-21(3,19)20)7-17-10-5-4-8(13)6-9(10)12(14,15)16/h4-6,17-18H,7H2,1-3H3. The Kier molecular flexibility index (Phi) is 5.33. The molecular weight excluding hydrogens is 373 g/mol. The van der Waals surface area contributed by atoms with Crippen molar-refractivity contribution >= 4 is 31.6 Å². The van der Waals surface area contributed by atoms with Crippen molar-refractivity contribution in [1.82, 2.24) is 4.72 Å². The number of hydrogen-bond acceptors (Lipinski definition) is 3. The first kappa shape index (κ1) is 18.2. The summed E-state index contributed by atoms with van der Waals surface area (Å²) in [6, 6.07) is 3.75. The zero-order valence-electron chi connectivity index (χ0n) is 11.7. The Labute approximate surface area is 130 Å². The average Bonchev–Trinajstić information content (AvgIpc) is 2.22. The Hall–Kier alpha value is -0.800. The second-order valence-electron chi connectivity index (χ2n) is 5.30. The third kappa shape index (κ3) is 6.23. The van der Waals surface area contributed by atoms with E-state index < -0.39 is 27.3 Å². The van der Waals surface area contributed by atoms with Crippen LogP contribution in [-0.4, -0.2) is 26.8 Å². The highest BCUT2D eigenvalue weighted by molar-refractivity contribution is 9.10. The lowest BCUT2D eigenvalue weighted by Crippen LogP contribution is -2.47. The van der Waals surface area contributed by atoms with Crippen molar-refractivity contribution in [2.45, 2.75) is 25.6 Å². The quantitative estimate of drug-likeness (QED) is 0.813. The summed E-state index contributed by atoms with van der Waals surface area (Å²) in [5, 5.41) is 2.64. The van der Waals surface area contributed by atoms with Crippen LogP contribution < -0.4 is 10.0 Å². The van der Waals surface area contributed by atoms with E-state index in [-0.39, 0.29) is 12.2 Å². The molecule has 0 atom stereocenters. The predicted molar refractivity (Wildman–Crippen MR) is 79.7 cm³/mol. The SMILES string of the molecule is CC(C)(CNc1ccc(Br)cc1C(F)(F)F)NS(C)(=O)=O. The molecule has 21 heavy (non-hydrogen) atoms. The molecule has 9 heteroatoms. The molecule has 0 heterocycles. The van der Waals surface area contributed by atoms with Crippen molar-refractivity contribution in [3.8, 4) is 0 Å². The van der Waals surface area contributed by atoms with Crippen molar-refractivity contribution in [3.63, 3.8) is 0 Å². The second-order valence-corrected chi connectivity index (χ2v) is 7.96. The first-order valence-electron chi connectivity index (χ1n) is 5.90. The van der Waals surface area contributed by atoms with Gasteiger partial charge in [-0.3, -0.25) is 0 Å². The molecule has 0 fully saturated rings. The van der Waals surface area contributed by atoms with Crippen molar-refractivity contribution in [2.24, 2.45) is 0 Å². The molecule has 120 valence electrons. The minimum Gasteiger partial charge on any atom is -0.383 e. The number of alkyl halides is 3. The fourth-order valence-electron chi connectivity index (χ4n) is 1.76. The normalized spacial score (nSPS) is 13.3. The van der Waals surface area contributed by atoms with Gasteiger partial charge >= 0.3 is 6.18 Å². The molecule has 0 bridgehead atoms. The zero-order valence-corrected chi connectivity index (χ0v) is 14.1. The largest absolute Gasteiger partial charge is 0.418 e. The number of anilines is 1. The van der Waals surface area contributed by atoms with Crippen molar-refractivity contribution < 1.29 is 21.6 Å². The van der Waals surface area contributed by atoms with E-state index in [0.717, 1.165) is 12.3 Å². The Bertz CT molecular complexity index is 615. The molecule has 0 saturated carbocycles. The zero-order chi connectivity index (χ0) is 16.5. The summed E-state index contributed by atoms with van der Waals surface area (Å²) in [4.78, 5) is 0. The van der Waals surface area contributed by atoms with Gasteiger partial charge in [0.25, 0.3) is 0 Å². The number of benzene rings is 1. The van der Waals surface area contributed by atoms with E-state index in [1.807, 2.05) is 0 Å². The van der Waals surface area contributed by atoms with Gasteiger partial charge in [-0.25, -0.2) is 13.1 Å². The van der Waals surface area contributed by atoms with E-state index in [1.54, 1.807) is 13.8 Å². The Morgan fingerprint density at radius 1 is 1.24 bits per heavy atom. The predicted octanol–water partition coefficient (Wildman–Crippen LogP) is 3.21. The first-order valence-corrected chi connectivity index (χ1v) is 8.58. The number of hydrogen-bond donors (Lipinski definition) is 2. The molecule has 0 radical (unpaired) electrons. The maximum absolute atomic E-state index is 12.9. The smallest absolute Gasteiger partial charge is 0.383 e. The first-order chi connectivity index (χ1) is 9.30. The van der Waals surface area contributed by atoms with Crippen LogP contribution in [0.3, 0.4) is 0 Å². The lowest BCUT2D eigenvalue weighted by Gasteiger charge is -2.26. The van der Waals surface area contributed by atoms with Crippen LogP contribution in [0.1, 0.15) is 19.4 Å². The maximum Gasteiger partial charge on any atom is 0.418 e. The van der Waals surface area contributed by atoms with Gasteiger partial charge in [0.05, 0.1) is 11.8 Å². The summed E-state index contributed by atoms with van der Waals surface area (Å²) in [7, 11) is -3.45. The van der Waals surface area contributed by atoms with E-state index in [0.29, 0.717) is 4.47 Å². The Morgan fingerprint density at radius 2 is 1.81 bits per heavy atom. The van der Waals surface area contributed by atoms with E-state index in [1.165, 1.54) is 12.1 Å². The molecule has 1 aromatic carbocycles. The Morgan fingerprint density at radius 3 is 2.29 bits per heavy atom. The monoisotopic (exact) mass is 388 g/mol. The summed E-state index contributed by atoms with van der Waals surface area (Å²) in [5.41, 5.74) is -1.84. The molecule has 0 aliphatic rings. The molecule has 1 aromatic rings. The lowest BCUT2D eigenvalue weighted by atomic mass is 10.1. The minimum atomic E-state index is -4.50. The van der Waals surface area contributed by atoms with E-state index in [2.05, 4.69) is 26.0 Å². The highest BCUT2D eigenvalue weighted by Gasteiger charge is 2.34. The molecule has 0 unspecified atom stereocenters. The Balaban J connectivity index is 2.94. The van der Waals surface area contributed by atoms with Crippen molar-refractivity contribution in [1.29, 1.82) is 0 Å². The number of nitrogens with one attached hydrogen (secondary N) is 2. The van der Waals surface area contributed by atoms with Crippen molar-refractivity contribution in [3.05, 3.63) is 28.2 Å². The highest BCUT2D eigenvalue weighted by atomic mass is 79.9. The fourth-order valence-corrected chi connectivity index (χ4v) is 3.20. The third-order valence-electron chi connectivity index (χ3n) is 2.47. The molecule has 0 saturated heterocycles. The van der Waals surface area contributed by atoms with Gasteiger partial charge in [0.15, 0.2) is 0 Å². The third-order valence-corrected chi connectivity index (χ3v) is 3.89. The average molecular weight is 389 g/mol. The molecular formula is C12H16BrF3N2O2S. The van der Waals surface area contributed by atoms with Crippen LogP contribution in [0.25, 0.3) is 0 Å². The topological polar surface area (TPSA) is 58.2 Å². The number of sulfonamides is 1. The van der Waals surface area contributed by atoms with E-state index >= 15 is 0 Å². The highest BCUT2D eigenvalue weighted by Crippen LogP contribution is 2.36. The molecule has 0 spiro atoms. The molecule has 2 N–H and O–H groups in total. The van der Waals surface area contributed by atoms with E-state index in [9.17, 15) is 21.6 Å². The van der Waals surface area contributed by atoms with Gasteiger partial charge in [0, 0.05) is 22.2 Å². The molecule has 0 aliphatic carbocycles. The van der Waals surface area contributed by atoms with Gasteiger partial charge in [-0.1, -0.05) is 15.9 Å². The van der Waals surface area contributed by atoms with Crippen LogP contribution in [0, 0.1) is 0 Å². The molecule has 0 amide bonds.